The van der Waals surface area contributed by atoms with Gasteiger partial charge in [-0.05, 0) is 35.9 Å². The first-order valence-corrected chi connectivity index (χ1v) is 6.70. The van der Waals surface area contributed by atoms with E-state index in [2.05, 4.69) is 16.0 Å². The van der Waals surface area contributed by atoms with Crippen molar-refractivity contribution in [2.75, 3.05) is 0 Å². The van der Waals surface area contributed by atoms with Gasteiger partial charge >= 0.3 is 0 Å². The fourth-order valence-corrected chi connectivity index (χ4v) is 3.48. The molecule has 0 aliphatic carbocycles. The van der Waals surface area contributed by atoms with E-state index in [0.29, 0.717) is 0 Å². The van der Waals surface area contributed by atoms with Crippen molar-refractivity contribution in [3.05, 3.63) is 47.9 Å². The number of aromatic amines is 1. The van der Waals surface area contributed by atoms with Crippen LogP contribution in [-0.4, -0.2) is 9.97 Å². The number of hydrogen-bond acceptors (Lipinski definition) is 2. The molecule has 0 saturated heterocycles. The van der Waals surface area contributed by atoms with Crippen LogP contribution < -0.4 is 0 Å². The van der Waals surface area contributed by atoms with Crippen LogP contribution in [0.2, 0.25) is 0 Å². The smallest absolute Gasteiger partial charge is 0.123 e. The Morgan fingerprint density at radius 1 is 1.28 bits per heavy atom. The van der Waals surface area contributed by atoms with Gasteiger partial charge in [-0.15, -0.1) is 11.8 Å². The molecule has 2 nitrogen and oxygen atoms in total. The van der Waals surface area contributed by atoms with E-state index in [1.165, 1.54) is 11.6 Å². The standard InChI is InChI=1S/C14H9FN2S/c15-8-3-4-12-10(6-8)11-7-18-14-9(13(11)17-12)2-1-5-16-14/h1-6,17H,7H2. The molecule has 0 saturated carbocycles. The summed E-state index contributed by atoms with van der Waals surface area (Å²) in [6, 6.07) is 8.87. The monoisotopic (exact) mass is 256 g/mol. The Kier molecular flexibility index (Phi) is 2.02. The molecule has 3 aromatic rings. The number of thioether (sulfide) groups is 1. The molecule has 4 heteroatoms. The lowest BCUT2D eigenvalue weighted by molar-refractivity contribution is 0.629. The summed E-state index contributed by atoms with van der Waals surface area (Å²) >= 11 is 1.70. The summed E-state index contributed by atoms with van der Waals surface area (Å²) in [5, 5.41) is 2.02. The molecule has 88 valence electrons. The summed E-state index contributed by atoms with van der Waals surface area (Å²) in [7, 11) is 0. The number of aromatic nitrogens is 2. The van der Waals surface area contributed by atoms with Gasteiger partial charge < -0.3 is 4.98 Å². The van der Waals surface area contributed by atoms with Gasteiger partial charge in [0.1, 0.15) is 10.8 Å². The maximum Gasteiger partial charge on any atom is 0.123 e. The predicted molar refractivity (Wildman–Crippen MR) is 71.0 cm³/mol. The zero-order chi connectivity index (χ0) is 12.1. The number of benzene rings is 1. The number of nitrogens with zero attached hydrogens (tertiary/aromatic N) is 1. The Hall–Kier alpha value is -1.81. The zero-order valence-corrected chi connectivity index (χ0v) is 10.2. The maximum atomic E-state index is 13.3. The number of pyridine rings is 1. The van der Waals surface area contributed by atoms with Gasteiger partial charge in [-0.1, -0.05) is 0 Å². The minimum absolute atomic E-state index is 0.189. The first kappa shape index (κ1) is 10.1. The van der Waals surface area contributed by atoms with Crippen molar-refractivity contribution in [1.29, 1.82) is 0 Å². The highest BCUT2D eigenvalue weighted by molar-refractivity contribution is 7.98. The van der Waals surface area contributed by atoms with Gasteiger partial charge in [-0.2, -0.15) is 0 Å². The van der Waals surface area contributed by atoms with Crippen LogP contribution in [-0.2, 0) is 5.75 Å². The van der Waals surface area contributed by atoms with Crippen molar-refractivity contribution in [2.24, 2.45) is 0 Å². The molecule has 0 atom stereocenters. The van der Waals surface area contributed by atoms with Crippen LogP contribution in [0.1, 0.15) is 5.56 Å². The summed E-state index contributed by atoms with van der Waals surface area (Å²) in [6.45, 7) is 0. The van der Waals surface area contributed by atoms with Gasteiger partial charge in [0.15, 0.2) is 0 Å². The topological polar surface area (TPSA) is 28.7 Å². The second kappa shape index (κ2) is 3.59. The molecule has 0 radical (unpaired) electrons. The summed E-state index contributed by atoms with van der Waals surface area (Å²) in [5.74, 6) is 0.647. The molecule has 1 N–H and O–H groups in total. The third kappa shape index (κ3) is 1.32. The zero-order valence-electron chi connectivity index (χ0n) is 9.40. The van der Waals surface area contributed by atoms with Crippen LogP contribution >= 0.6 is 11.8 Å². The van der Waals surface area contributed by atoms with Crippen molar-refractivity contribution in [3.8, 4) is 11.3 Å². The van der Waals surface area contributed by atoms with Crippen LogP contribution in [0.5, 0.6) is 0 Å². The van der Waals surface area contributed by atoms with Gasteiger partial charge in [0.05, 0.1) is 5.69 Å². The Balaban J connectivity index is 2.08. The number of H-pyrrole nitrogens is 1. The minimum Gasteiger partial charge on any atom is -0.354 e. The molecule has 0 bridgehead atoms. The van der Waals surface area contributed by atoms with Gasteiger partial charge in [-0.3, -0.25) is 0 Å². The quantitative estimate of drug-likeness (QED) is 0.659. The Labute approximate surface area is 107 Å². The largest absolute Gasteiger partial charge is 0.354 e. The lowest BCUT2D eigenvalue weighted by Crippen LogP contribution is -1.95. The lowest BCUT2D eigenvalue weighted by atomic mass is 10.1. The molecule has 3 heterocycles. The summed E-state index contributed by atoms with van der Waals surface area (Å²) in [4.78, 5) is 7.75. The molecular weight excluding hydrogens is 247 g/mol. The van der Waals surface area contributed by atoms with E-state index in [9.17, 15) is 4.39 Å². The van der Waals surface area contributed by atoms with E-state index in [-0.39, 0.29) is 5.82 Å². The number of fused-ring (bicyclic) bond motifs is 5. The molecule has 1 aliphatic rings. The van der Waals surface area contributed by atoms with Gasteiger partial charge in [0, 0.05) is 28.4 Å². The van der Waals surface area contributed by atoms with E-state index in [1.54, 1.807) is 30.1 Å². The third-order valence-corrected chi connectivity index (χ3v) is 4.29. The normalized spacial score (nSPS) is 13.4. The fourth-order valence-electron chi connectivity index (χ4n) is 2.44. The Morgan fingerprint density at radius 2 is 2.22 bits per heavy atom. The lowest BCUT2D eigenvalue weighted by Gasteiger charge is -2.14. The van der Waals surface area contributed by atoms with Crippen LogP contribution in [0, 0.1) is 5.82 Å². The molecule has 0 unspecified atom stereocenters. The molecule has 0 amide bonds. The highest BCUT2D eigenvalue weighted by atomic mass is 32.2. The van der Waals surface area contributed by atoms with Crippen LogP contribution in [0.25, 0.3) is 22.2 Å². The molecule has 0 spiro atoms. The SMILES string of the molecule is Fc1ccc2[nH]c3c(c2c1)CSc1ncccc1-3. The summed E-state index contributed by atoms with van der Waals surface area (Å²) in [6.07, 6.45) is 1.80. The van der Waals surface area contributed by atoms with E-state index >= 15 is 0 Å². The fraction of sp³-hybridized carbons (Fsp3) is 0.0714. The summed E-state index contributed by atoms with van der Waals surface area (Å²) < 4.78 is 13.3. The Morgan fingerprint density at radius 3 is 3.17 bits per heavy atom. The molecule has 2 aromatic heterocycles. The molecular formula is C14H9FN2S. The van der Waals surface area contributed by atoms with E-state index < -0.39 is 0 Å². The molecule has 1 aliphatic heterocycles. The number of halogens is 1. The summed E-state index contributed by atoms with van der Waals surface area (Å²) in [5.41, 5.74) is 4.35. The van der Waals surface area contributed by atoms with Crippen LogP contribution in [0.4, 0.5) is 4.39 Å². The third-order valence-electron chi connectivity index (χ3n) is 3.26. The number of rotatable bonds is 0. The van der Waals surface area contributed by atoms with Gasteiger partial charge in [0.25, 0.3) is 0 Å². The minimum atomic E-state index is -0.189. The van der Waals surface area contributed by atoms with Crippen molar-refractivity contribution in [2.45, 2.75) is 10.8 Å². The second-order valence-electron chi connectivity index (χ2n) is 4.31. The molecule has 4 rings (SSSR count). The second-order valence-corrected chi connectivity index (χ2v) is 5.28. The average Bonchev–Trinajstić information content (AvgIpc) is 2.77. The highest BCUT2D eigenvalue weighted by Gasteiger charge is 2.21. The van der Waals surface area contributed by atoms with Crippen molar-refractivity contribution >= 4 is 22.7 Å². The molecule has 18 heavy (non-hydrogen) atoms. The van der Waals surface area contributed by atoms with Crippen LogP contribution in [0.3, 0.4) is 0 Å². The van der Waals surface area contributed by atoms with Crippen molar-refractivity contribution in [3.63, 3.8) is 0 Å². The average molecular weight is 256 g/mol. The van der Waals surface area contributed by atoms with Gasteiger partial charge in [-0.25, -0.2) is 9.37 Å². The molecule has 1 aromatic carbocycles. The molecule has 0 fully saturated rings. The van der Waals surface area contributed by atoms with E-state index in [0.717, 1.165) is 32.9 Å². The van der Waals surface area contributed by atoms with Gasteiger partial charge in [0.2, 0.25) is 0 Å². The first-order valence-electron chi connectivity index (χ1n) is 5.71. The van der Waals surface area contributed by atoms with Crippen molar-refractivity contribution in [1.82, 2.24) is 9.97 Å². The maximum absolute atomic E-state index is 13.3. The Bertz CT molecular complexity index is 764. The van der Waals surface area contributed by atoms with E-state index in [1.807, 2.05) is 6.07 Å². The van der Waals surface area contributed by atoms with E-state index in [4.69, 9.17) is 0 Å². The first-order chi connectivity index (χ1) is 8.83. The number of nitrogens with one attached hydrogen (secondary N) is 1. The highest BCUT2D eigenvalue weighted by Crippen LogP contribution is 2.42. The van der Waals surface area contributed by atoms with Crippen molar-refractivity contribution < 1.29 is 4.39 Å². The predicted octanol–water partition coefficient (Wildman–Crippen LogP) is 3.97. The number of hydrogen-bond donors (Lipinski definition) is 1. The van der Waals surface area contributed by atoms with Crippen LogP contribution in [0.15, 0.2) is 41.6 Å².